The van der Waals surface area contributed by atoms with Gasteiger partial charge in [0.1, 0.15) is 5.82 Å². The van der Waals surface area contributed by atoms with Crippen LogP contribution in [0.4, 0.5) is 10.1 Å². The van der Waals surface area contributed by atoms with E-state index in [0.29, 0.717) is 0 Å². The molecular formula is C20H24FN3S. The van der Waals surface area contributed by atoms with Gasteiger partial charge in [0.2, 0.25) is 0 Å². The van der Waals surface area contributed by atoms with Crippen molar-refractivity contribution in [3.05, 3.63) is 65.5 Å². The van der Waals surface area contributed by atoms with Crippen molar-refractivity contribution in [1.82, 2.24) is 9.80 Å². The summed E-state index contributed by atoms with van der Waals surface area (Å²) >= 11 is 5.55. The fraction of sp³-hybridized carbons (Fsp3) is 0.350. The molecule has 1 heterocycles. The Morgan fingerprint density at radius 1 is 0.960 bits per heavy atom. The third kappa shape index (κ3) is 5.00. The molecule has 1 aliphatic heterocycles. The van der Waals surface area contributed by atoms with Crippen LogP contribution in [0.25, 0.3) is 0 Å². The minimum Gasteiger partial charge on any atom is -0.346 e. The molecule has 1 fully saturated rings. The Morgan fingerprint density at radius 3 is 2.16 bits per heavy atom. The highest BCUT2D eigenvalue weighted by molar-refractivity contribution is 7.80. The van der Waals surface area contributed by atoms with E-state index in [2.05, 4.69) is 46.3 Å². The van der Waals surface area contributed by atoms with E-state index in [0.717, 1.165) is 55.5 Å². The van der Waals surface area contributed by atoms with Gasteiger partial charge < -0.3 is 10.2 Å². The highest BCUT2D eigenvalue weighted by atomic mass is 32.1. The number of thiocarbonyl (C=S) groups is 1. The molecule has 0 atom stereocenters. The quantitative estimate of drug-likeness (QED) is 0.836. The molecule has 3 nitrogen and oxygen atoms in total. The van der Waals surface area contributed by atoms with Crippen LogP contribution in [0.1, 0.15) is 18.1 Å². The van der Waals surface area contributed by atoms with Crippen LogP contribution in [0, 0.1) is 5.82 Å². The van der Waals surface area contributed by atoms with E-state index in [4.69, 9.17) is 12.2 Å². The van der Waals surface area contributed by atoms with Gasteiger partial charge in [0, 0.05) is 38.4 Å². The molecule has 0 radical (unpaired) electrons. The Hall–Kier alpha value is -1.98. The zero-order chi connectivity index (χ0) is 17.6. The fourth-order valence-corrected chi connectivity index (χ4v) is 3.28. The highest BCUT2D eigenvalue weighted by Crippen LogP contribution is 2.13. The zero-order valence-corrected chi connectivity index (χ0v) is 15.4. The molecule has 1 N–H and O–H groups in total. The molecule has 2 aromatic carbocycles. The van der Waals surface area contributed by atoms with Gasteiger partial charge in [-0.1, -0.05) is 31.2 Å². The molecule has 0 bridgehead atoms. The summed E-state index contributed by atoms with van der Waals surface area (Å²) in [7, 11) is 0. The molecule has 132 valence electrons. The van der Waals surface area contributed by atoms with Gasteiger partial charge in [-0.2, -0.15) is 0 Å². The lowest BCUT2D eigenvalue weighted by atomic mass is 10.1. The van der Waals surface area contributed by atoms with E-state index >= 15 is 0 Å². The smallest absolute Gasteiger partial charge is 0.173 e. The third-order valence-corrected chi connectivity index (χ3v) is 4.95. The Morgan fingerprint density at radius 2 is 1.56 bits per heavy atom. The minimum absolute atomic E-state index is 0.183. The number of nitrogens with one attached hydrogen (secondary N) is 1. The number of hydrogen-bond donors (Lipinski definition) is 1. The first kappa shape index (κ1) is 17.8. The zero-order valence-electron chi connectivity index (χ0n) is 14.5. The van der Waals surface area contributed by atoms with Gasteiger partial charge in [0.15, 0.2) is 5.11 Å². The highest BCUT2D eigenvalue weighted by Gasteiger charge is 2.19. The second-order valence-electron chi connectivity index (χ2n) is 6.37. The molecule has 1 aliphatic rings. The summed E-state index contributed by atoms with van der Waals surface area (Å²) in [6.45, 7) is 6.72. The van der Waals surface area contributed by atoms with Crippen LogP contribution < -0.4 is 5.32 Å². The van der Waals surface area contributed by atoms with Crippen molar-refractivity contribution >= 4 is 23.0 Å². The van der Waals surface area contributed by atoms with Crippen molar-refractivity contribution in [2.75, 3.05) is 31.5 Å². The van der Waals surface area contributed by atoms with Gasteiger partial charge in [0.25, 0.3) is 0 Å². The molecule has 25 heavy (non-hydrogen) atoms. The van der Waals surface area contributed by atoms with Crippen molar-refractivity contribution < 1.29 is 4.39 Å². The van der Waals surface area contributed by atoms with E-state index in [1.807, 2.05) is 12.1 Å². The summed E-state index contributed by atoms with van der Waals surface area (Å²) in [5.41, 5.74) is 3.51. The molecule has 3 rings (SSSR count). The number of halogens is 1. The standard InChI is InChI=1S/C20H24FN3S/c1-2-16-5-9-19(10-6-16)22-20(25)24-13-11-23(12-14-24)15-17-3-7-18(21)8-4-17/h3-10H,2,11-15H2,1H3,(H,22,25). The fourth-order valence-electron chi connectivity index (χ4n) is 2.98. The van der Waals surface area contributed by atoms with Gasteiger partial charge in [-0.25, -0.2) is 4.39 Å². The van der Waals surface area contributed by atoms with E-state index < -0.39 is 0 Å². The average Bonchev–Trinajstić information content (AvgIpc) is 2.65. The number of rotatable bonds is 4. The van der Waals surface area contributed by atoms with Crippen molar-refractivity contribution in [2.24, 2.45) is 0 Å². The summed E-state index contributed by atoms with van der Waals surface area (Å²) in [6.07, 6.45) is 1.04. The van der Waals surface area contributed by atoms with Crippen LogP contribution in [0.5, 0.6) is 0 Å². The van der Waals surface area contributed by atoms with Gasteiger partial charge in [0.05, 0.1) is 0 Å². The Balaban J connectivity index is 1.47. The number of aryl methyl sites for hydroxylation is 1. The van der Waals surface area contributed by atoms with E-state index in [1.165, 1.54) is 17.7 Å². The molecule has 0 saturated carbocycles. The van der Waals surface area contributed by atoms with Crippen LogP contribution >= 0.6 is 12.2 Å². The third-order valence-electron chi connectivity index (χ3n) is 4.59. The summed E-state index contributed by atoms with van der Waals surface area (Å²) in [5, 5.41) is 4.11. The lowest BCUT2D eigenvalue weighted by Crippen LogP contribution is -2.49. The summed E-state index contributed by atoms with van der Waals surface area (Å²) < 4.78 is 13.0. The van der Waals surface area contributed by atoms with Crippen molar-refractivity contribution in [2.45, 2.75) is 19.9 Å². The van der Waals surface area contributed by atoms with E-state index in [-0.39, 0.29) is 5.82 Å². The van der Waals surface area contributed by atoms with Crippen LogP contribution in [0.2, 0.25) is 0 Å². The molecule has 0 aromatic heterocycles. The number of piperazine rings is 1. The lowest BCUT2D eigenvalue weighted by Gasteiger charge is -2.36. The topological polar surface area (TPSA) is 18.5 Å². The lowest BCUT2D eigenvalue weighted by molar-refractivity contribution is 0.177. The van der Waals surface area contributed by atoms with Gasteiger partial charge in [-0.3, -0.25) is 4.90 Å². The normalized spacial score (nSPS) is 15.2. The second kappa shape index (κ2) is 8.41. The molecule has 5 heteroatoms. The monoisotopic (exact) mass is 357 g/mol. The number of anilines is 1. The summed E-state index contributed by atoms with van der Waals surface area (Å²) in [6, 6.07) is 15.2. The Labute approximate surface area is 154 Å². The SMILES string of the molecule is CCc1ccc(NC(=S)N2CCN(Cc3ccc(F)cc3)CC2)cc1. The largest absolute Gasteiger partial charge is 0.346 e. The maximum absolute atomic E-state index is 13.0. The van der Waals surface area contributed by atoms with Gasteiger partial charge in [-0.15, -0.1) is 0 Å². The second-order valence-corrected chi connectivity index (χ2v) is 6.76. The average molecular weight is 357 g/mol. The van der Waals surface area contributed by atoms with Crippen molar-refractivity contribution in [3.63, 3.8) is 0 Å². The number of benzene rings is 2. The Kier molecular flexibility index (Phi) is 6.00. The number of nitrogens with zero attached hydrogens (tertiary/aromatic N) is 2. The van der Waals surface area contributed by atoms with Crippen LogP contribution in [-0.2, 0) is 13.0 Å². The molecule has 0 aliphatic carbocycles. The summed E-state index contributed by atoms with van der Waals surface area (Å²) in [4.78, 5) is 4.59. The molecule has 0 unspecified atom stereocenters. The Bertz CT molecular complexity index is 692. The van der Waals surface area contributed by atoms with Gasteiger partial charge in [-0.05, 0) is 54.0 Å². The molecule has 1 saturated heterocycles. The minimum atomic E-state index is -0.183. The number of hydrogen-bond acceptors (Lipinski definition) is 2. The van der Waals surface area contributed by atoms with Gasteiger partial charge >= 0.3 is 0 Å². The maximum atomic E-state index is 13.0. The maximum Gasteiger partial charge on any atom is 0.173 e. The molecule has 0 amide bonds. The van der Waals surface area contributed by atoms with Crippen LogP contribution in [0.15, 0.2) is 48.5 Å². The molecular weight excluding hydrogens is 333 g/mol. The predicted octanol–water partition coefficient (Wildman–Crippen LogP) is 3.90. The predicted molar refractivity (Wildman–Crippen MR) is 105 cm³/mol. The first-order chi connectivity index (χ1) is 12.1. The first-order valence-electron chi connectivity index (χ1n) is 8.75. The summed E-state index contributed by atoms with van der Waals surface area (Å²) in [5.74, 6) is -0.183. The van der Waals surface area contributed by atoms with Crippen LogP contribution in [-0.4, -0.2) is 41.1 Å². The van der Waals surface area contributed by atoms with Crippen molar-refractivity contribution in [1.29, 1.82) is 0 Å². The first-order valence-corrected chi connectivity index (χ1v) is 9.16. The van der Waals surface area contributed by atoms with E-state index in [9.17, 15) is 4.39 Å². The van der Waals surface area contributed by atoms with E-state index in [1.54, 1.807) is 0 Å². The van der Waals surface area contributed by atoms with Crippen LogP contribution in [0.3, 0.4) is 0 Å². The molecule has 0 spiro atoms. The molecule has 2 aromatic rings. The van der Waals surface area contributed by atoms with Crippen molar-refractivity contribution in [3.8, 4) is 0 Å².